The van der Waals surface area contributed by atoms with Gasteiger partial charge in [-0.3, -0.25) is 13.6 Å². The van der Waals surface area contributed by atoms with Crippen LogP contribution in [0.2, 0.25) is 0 Å². The minimum absolute atomic E-state index is 0.311. The van der Waals surface area contributed by atoms with E-state index in [1.54, 1.807) is 0 Å². The standard InChI is InChI=1S/C17H16O6P2/c18-25-20-10-17(11-21-25,12-22-25)9-19-24-16-8-4-2-6-14(16)13-5-1-3-7-15(13)23-24/h1-8H,9-12H2. The molecule has 1 unspecified atom stereocenters. The van der Waals surface area contributed by atoms with E-state index in [-0.39, 0.29) is 0 Å². The molecule has 0 spiro atoms. The molecule has 0 amide bonds. The van der Waals surface area contributed by atoms with Crippen LogP contribution in [-0.2, 0) is 22.7 Å². The molecular weight excluding hydrogens is 362 g/mol. The molecule has 4 aliphatic heterocycles. The van der Waals surface area contributed by atoms with Crippen LogP contribution in [0.3, 0.4) is 0 Å². The summed E-state index contributed by atoms with van der Waals surface area (Å²) in [5, 5.41) is 1.05. The number of phosphoric acid groups is 1. The van der Waals surface area contributed by atoms with Gasteiger partial charge in [0.2, 0.25) is 0 Å². The monoisotopic (exact) mass is 378 g/mol. The molecule has 2 bridgehead atoms. The van der Waals surface area contributed by atoms with Crippen molar-refractivity contribution in [3.8, 4) is 16.9 Å². The highest BCUT2D eigenvalue weighted by molar-refractivity contribution is 7.56. The Morgan fingerprint density at radius 1 is 0.960 bits per heavy atom. The smallest absolute Gasteiger partial charge is 0.443 e. The molecular formula is C17H16O6P2. The number of fused-ring (bicyclic) bond motifs is 6. The molecule has 6 rings (SSSR count). The van der Waals surface area contributed by atoms with Gasteiger partial charge in [0.1, 0.15) is 5.75 Å². The summed E-state index contributed by atoms with van der Waals surface area (Å²) in [6.45, 7) is 1.29. The Balaban J connectivity index is 1.40. The van der Waals surface area contributed by atoms with Crippen LogP contribution in [0.1, 0.15) is 0 Å². The first kappa shape index (κ1) is 16.0. The quantitative estimate of drug-likeness (QED) is 0.756. The van der Waals surface area contributed by atoms with Crippen LogP contribution in [0.5, 0.6) is 5.75 Å². The Labute approximate surface area is 146 Å². The summed E-state index contributed by atoms with van der Waals surface area (Å²) in [5.74, 6) is 0.824. The number of para-hydroxylation sites is 1. The van der Waals surface area contributed by atoms with Gasteiger partial charge in [-0.05, 0) is 17.7 Å². The number of phosphoric ester groups is 1. The highest BCUT2D eigenvalue weighted by Crippen LogP contribution is 2.60. The van der Waals surface area contributed by atoms with Gasteiger partial charge >= 0.3 is 7.82 Å². The van der Waals surface area contributed by atoms with Gasteiger partial charge < -0.3 is 9.05 Å². The average molecular weight is 378 g/mol. The van der Waals surface area contributed by atoms with Crippen LogP contribution in [0, 0.1) is 5.41 Å². The zero-order chi connectivity index (χ0) is 16.9. The topological polar surface area (TPSA) is 63.2 Å². The predicted molar refractivity (Wildman–Crippen MR) is 92.9 cm³/mol. The zero-order valence-corrected chi connectivity index (χ0v) is 15.1. The fourth-order valence-corrected chi connectivity index (χ4v) is 6.21. The molecule has 25 heavy (non-hydrogen) atoms. The van der Waals surface area contributed by atoms with E-state index < -0.39 is 21.6 Å². The highest BCUT2D eigenvalue weighted by Gasteiger charge is 2.51. The molecule has 1 atom stereocenters. The van der Waals surface area contributed by atoms with Gasteiger partial charge in [-0.15, -0.1) is 0 Å². The van der Waals surface area contributed by atoms with E-state index in [0.29, 0.717) is 26.4 Å². The lowest BCUT2D eigenvalue weighted by atomic mass is 9.93. The molecule has 0 radical (unpaired) electrons. The first-order valence-corrected chi connectivity index (χ1v) is 10.6. The van der Waals surface area contributed by atoms with Crippen LogP contribution < -0.4 is 9.83 Å². The molecule has 6 nitrogen and oxygen atoms in total. The van der Waals surface area contributed by atoms with Crippen molar-refractivity contribution in [1.82, 2.24) is 0 Å². The van der Waals surface area contributed by atoms with Crippen LogP contribution in [0.4, 0.5) is 0 Å². The summed E-state index contributed by atoms with van der Waals surface area (Å²) in [4.78, 5) is 0. The maximum Gasteiger partial charge on any atom is 0.474 e. The second kappa shape index (κ2) is 5.88. The van der Waals surface area contributed by atoms with E-state index in [1.807, 2.05) is 36.4 Å². The van der Waals surface area contributed by atoms with E-state index >= 15 is 0 Å². The maximum atomic E-state index is 11.9. The zero-order valence-electron chi connectivity index (χ0n) is 13.3. The van der Waals surface area contributed by atoms with Gasteiger partial charge in [0.05, 0.1) is 37.1 Å². The van der Waals surface area contributed by atoms with Crippen molar-refractivity contribution in [1.29, 1.82) is 0 Å². The molecule has 0 saturated carbocycles. The van der Waals surface area contributed by atoms with Crippen molar-refractivity contribution >= 4 is 21.5 Å². The van der Waals surface area contributed by atoms with Gasteiger partial charge in [0.15, 0.2) is 0 Å². The van der Waals surface area contributed by atoms with Crippen LogP contribution in [0.25, 0.3) is 11.1 Å². The molecule has 0 aliphatic carbocycles. The third-order valence-electron chi connectivity index (χ3n) is 4.53. The van der Waals surface area contributed by atoms with Crippen molar-refractivity contribution in [2.24, 2.45) is 5.41 Å². The van der Waals surface area contributed by atoms with E-state index in [1.165, 1.54) is 0 Å². The lowest BCUT2D eigenvalue weighted by Crippen LogP contribution is -2.47. The second-order valence-electron chi connectivity index (χ2n) is 6.40. The van der Waals surface area contributed by atoms with Gasteiger partial charge in [-0.2, -0.15) is 0 Å². The Bertz CT molecular complexity index is 838. The van der Waals surface area contributed by atoms with Gasteiger partial charge in [-0.25, -0.2) is 4.57 Å². The molecule has 0 N–H and O–H groups in total. The minimum Gasteiger partial charge on any atom is -0.443 e. The molecule has 8 heteroatoms. The molecule has 4 heterocycles. The lowest BCUT2D eigenvalue weighted by Gasteiger charge is -2.44. The van der Waals surface area contributed by atoms with Gasteiger partial charge in [0, 0.05) is 5.56 Å². The molecule has 3 saturated heterocycles. The van der Waals surface area contributed by atoms with Crippen LogP contribution >= 0.6 is 16.2 Å². The molecule has 2 aromatic carbocycles. The Morgan fingerprint density at radius 3 is 2.36 bits per heavy atom. The number of benzene rings is 2. The van der Waals surface area contributed by atoms with Crippen LogP contribution in [0.15, 0.2) is 48.5 Å². The summed E-state index contributed by atoms with van der Waals surface area (Å²) in [6, 6.07) is 16.1. The summed E-state index contributed by atoms with van der Waals surface area (Å²) < 4.78 is 39.9. The Hall–Kier alpha value is -1.26. The second-order valence-corrected chi connectivity index (χ2v) is 9.51. The van der Waals surface area contributed by atoms with E-state index in [9.17, 15) is 4.57 Å². The van der Waals surface area contributed by atoms with Gasteiger partial charge in [-0.1, -0.05) is 36.4 Å². The number of hydrogen-bond donors (Lipinski definition) is 0. The molecule has 4 aliphatic rings. The largest absolute Gasteiger partial charge is 0.474 e. The third-order valence-corrected chi connectivity index (χ3v) is 7.38. The van der Waals surface area contributed by atoms with Crippen LogP contribution in [-0.4, -0.2) is 26.4 Å². The molecule has 3 fully saturated rings. The van der Waals surface area contributed by atoms with E-state index in [0.717, 1.165) is 22.2 Å². The predicted octanol–water partition coefficient (Wildman–Crippen LogP) is 3.87. The molecule has 130 valence electrons. The molecule has 2 aromatic rings. The maximum absolute atomic E-state index is 11.9. The van der Waals surface area contributed by atoms with Gasteiger partial charge in [0.25, 0.3) is 8.38 Å². The summed E-state index contributed by atoms with van der Waals surface area (Å²) in [7, 11) is -4.57. The summed E-state index contributed by atoms with van der Waals surface area (Å²) in [6.07, 6.45) is 0. The average Bonchev–Trinajstić information content (AvgIpc) is 2.67. The fourth-order valence-electron chi connectivity index (χ4n) is 3.07. The third kappa shape index (κ3) is 2.74. The Kier molecular flexibility index (Phi) is 3.75. The number of rotatable bonds is 3. The highest BCUT2D eigenvalue weighted by atomic mass is 31.2. The number of hydrogen-bond acceptors (Lipinski definition) is 6. The van der Waals surface area contributed by atoms with Crippen molar-refractivity contribution in [3.05, 3.63) is 48.5 Å². The van der Waals surface area contributed by atoms with E-state index in [4.69, 9.17) is 22.6 Å². The van der Waals surface area contributed by atoms with Crippen molar-refractivity contribution in [2.75, 3.05) is 26.4 Å². The lowest BCUT2D eigenvalue weighted by molar-refractivity contribution is -0.109. The Morgan fingerprint density at radius 2 is 1.60 bits per heavy atom. The van der Waals surface area contributed by atoms with Crippen molar-refractivity contribution < 1.29 is 27.2 Å². The summed E-state index contributed by atoms with van der Waals surface area (Å²) >= 11 is 0. The SMILES string of the molecule is O=P12OCC(COP3Oc4ccccc4-c4ccccc43)(CO1)CO2. The molecule has 0 aromatic heterocycles. The fraction of sp³-hybridized carbons (Fsp3) is 0.294. The van der Waals surface area contributed by atoms with Crippen molar-refractivity contribution in [3.63, 3.8) is 0 Å². The summed E-state index contributed by atoms with van der Waals surface area (Å²) in [5.41, 5.74) is 1.77. The van der Waals surface area contributed by atoms with E-state index in [2.05, 4.69) is 12.1 Å². The van der Waals surface area contributed by atoms with Crippen molar-refractivity contribution in [2.45, 2.75) is 0 Å². The first-order valence-electron chi connectivity index (χ1n) is 8.00. The first-order chi connectivity index (χ1) is 12.2. The normalized spacial score (nSPS) is 32.6. The minimum atomic E-state index is -3.31.